The lowest BCUT2D eigenvalue weighted by Gasteiger charge is -2.12. The molecule has 0 bridgehead atoms. The van der Waals surface area contributed by atoms with Gasteiger partial charge in [0.1, 0.15) is 11.6 Å². The molecule has 1 amide bonds. The van der Waals surface area contributed by atoms with Crippen LogP contribution >= 0.6 is 23.2 Å². The topological polar surface area (TPSA) is 127 Å². The van der Waals surface area contributed by atoms with Gasteiger partial charge in [-0.1, -0.05) is 29.3 Å². The minimum atomic E-state index is -0.975. The highest BCUT2D eigenvalue weighted by atomic mass is 35.5. The molecular formula is C24H18Cl2N4O5. The third kappa shape index (κ3) is 5.87. The molecule has 35 heavy (non-hydrogen) atoms. The molecule has 1 aromatic heterocycles. The van der Waals surface area contributed by atoms with Crippen LogP contribution in [0, 0.1) is 35.3 Å². The van der Waals surface area contributed by atoms with Crippen molar-refractivity contribution >= 4 is 52.5 Å². The van der Waals surface area contributed by atoms with Crippen LogP contribution in [-0.4, -0.2) is 28.0 Å². The number of nitro groups is 1. The van der Waals surface area contributed by atoms with Crippen molar-refractivity contribution in [3.63, 3.8) is 0 Å². The zero-order valence-corrected chi connectivity index (χ0v) is 20.1. The van der Waals surface area contributed by atoms with E-state index >= 15 is 0 Å². The lowest BCUT2D eigenvalue weighted by Crippen LogP contribution is -2.21. The van der Waals surface area contributed by atoms with Crippen molar-refractivity contribution in [1.29, 1.82) is 5.26 Å². The molecule has 0 radical (unpaired) electrons. The fourth-order valence-electron chi connectivity index (χ4n) is 3.33. The Labute approximate surface area is 210 Å². The fraction of sp³-hybridized carbons (Fsp3) is 0.125. The van der Waals surface area contributed by atoms with Crippen LogP contribution in [0.2, 0.25) is 10.0 Å². The zero-order valence-electron chi connectivity index (χ0n) is 18.5. The van der Waals surface area contributed by atoms with Crippen LogP contribution in [0.3, 0.4) is 0 Å². The van der Waals surface area contributed by atoms with Crippen molar-refractivity contribution in [2.75, 3.05) is 11.9 Å². The van der Waals surface area contributed by atoms with Crippen LogP contribution in [0.4, 0.5) is 11.4 Å². The van der Waals surface area contributed by atoms with Gasteiger partial charge in [0.05, 0.1) is 20.7 Å². The van der Waals surface area contributed by atoms with Gasteiger partial charge in [-0.3, -0.25) is 14.9 Å². The van der Waals surface area contributed by atoms with Crippen molar-refractivity contribution in [3.8, 4) is 11.8 Å². The number of esters is 1. The molecule has 1 N–H and O–H groups in total. The average molecular weight is 513 g/mol. The number of nitro benzene ring substituents is 1. The maximum Gasteiger partial charge on any atom is 0.349 e. The van der Waals surface area contributed by atoms with E-state index in [0.717, 1.165) is 5.69 Å². The Bertz CT molecular complexity index is 1390. The Morgan fingerprint density at radius 2 is 1.89 bits per heavy atom. The number of aromatic nitrogens is 1. The van der Waals surface area contributed by atoms with Gasteiger partial charge in [-0.2, -0.15) is 5.26 Å². The van der Waals surface area contributed by atoms with Gasteiger partial charge in [-0.15, -0.1) is 0 Å². The van der Waals surface area contributed by atoms with E-state index in [9.17, 15) is 25.0 Å². The van der Waals surface area contributed by atoms with Gasteiger partial charge in [0, 0.05) is 29.2 Å². The Balaban J connectivity index is 1.72. The van der Waals surface area contributed by atoms with Crippen molar-refractivity contribution in [2.24, 2.45) is 0 Å². The lowest BCUT2D eigenvalue weighted by molar-refractivity contribution is -0.384. The summed E-state index contributed by atoms with van der Waals surface area (Å²) in [5.74, 6) is -1.64. The van der Waals surface area contributed by atoms with E-state index in [1.54, 1.807) is 37.3 Å². The maximum atomic E-state index is 12.4. The average Bonchev–Trinajstić information content (AvgIpc) is 3.10. The van der Waals surface area contributed by atoms with E-state index in [1.807, 2.05) is 11.5 Å². The Morgan fingerprint density at radius 1 is 1.20 bits per heavy atom. The van der Waals surface area contributed by atoms with Gasteiger partial charge >= 0.3 is 5.97 Å². The number of nitrogens with zero attached hydrogens (tertiary/aromatic N) is 3. The summed E-state index contributed by atoms with van der Waals surface area (Å²) in [5.41, 5.74) is 2.61. The number of non-ortho nitro benzene ring substituents is 1. The molecule has 0 aliphatic rings. The zero-order chi connectivity index (χ0) is 25.7. The second-order valence-electron chi connectivity index (χ2n) is 7.33. The standard InChI is InChI=1S/C24H18Cl2N4O5/c1-14-10-16(15(2)29(14)21-5-3-4-20(25)23(21)26)11-17(12-27)24(32)35-13-22(31)28-18-6-8-19(9-7-18)30(33)34/h3-11H,13H2,1-2H3,(H,28,31). The van der Waals surface area contributed by atoms with Crippen LogP contribution in [0.5, 0.6) is 0 Å². The number of hydrogen-bond donors (Lipinski definition) is 1. The number of carbonyl (C=O) groups is 2. The Kier molecular flexibility index (Phi) is 7.91. The van der Waals surface area contributed by atoms with E-state index in [2.05, 4.69) is 5.32 Å². The molecular weight excluding hydrogens is 495 g/mol. The minimum Gasteiger partial charge on any atom is -0.451 e. The van der Waals surface area contributed by atoms with E-state index in [0.29, 0.717) is 32.7 Å². The number of nitriles is 1. The van der Waals surface area contributed by atoms with Gasteiger partial charge in [-0.25, -0.2) is 4.79 Å². The van der Waals surface area contributed by atoms with Crippen LogP contribution in [-0.2, 0) is 14.3 Å². The first kappa shape index (κ1) is 25.5. The highest BCUT2D eigenvalue weighted by molar-refractivity contribution is 6.43. The van der Waals surface area contributed by atoms with Crippen LogP contribution in [0.1, 0.15) is 17.0 Å². The molecule has 3 aromatic rings. The monoisotopic (exact) mass is 512 g/mol. The number of halogens is 2. The fourth-order valence-corrected chi connectivity index (χ4v) is 3.71. The highest BCUT2D eigenvalue weighted by Gasteiger charge is 2.18. The second kappa shape index (κ2) is 10.9. The number of nitrogens with one attached hydrogen (secondary N) is 1. The number of ether oxygens (including phenoxy) is 1. The molecule has 0 unspecified atom stereocenters. The quantitative estimate of drug-likeness (QED) is 0.148. The number of carbonyl (C=O) groups excluding carboxylic acids is 2. The third-order valence-corrected chi connectivity index (χ3v) is 5.79. The van der Waals surface area contributed by atoms with Gasteiger partial charge in [0.2, 0.25) is 0 Å². The van der Waals surface area contributed by atoms with Crippen LogP contribution in [0.25, 0.3) is 11.8 Å². The Hall–Kier alpha value is -4.13. The number of rotatable bonds is 7. The predicted molar refractivity (Wildman–Crippen MR) is 132 cm³/mol. The molecule has 0 aliphatic carbocycles. The lowest BCUT2D eigenvalue weighted by atomic mass is 10.1. The van der Waals surface area contributed by atoms with Crippen molar-refractivity contribution < 1.29 is 19.2 Å². The molecule has 1 heterocycles. The molecule has 0 saturated heterocycles. The van der Waals surface area contributed by atoms with Gasteiger partial charge in [-0.05, 0) is 55.8 Å². The molecule has 11 heteroatoms. The summed E-state index contributed by atoms with van der Waals surface area (Å²) >= 11 is 12.5. The largest absolute Gasteiger partial charge is 0.451 e. The number of benzene rings is 2. The Morgan fingerprint density at radius 3 is 2.51 bits per heavy atom. The van der Waals surface area contributed by atoms with Crippen molar-refractivity contribution in [3.05, 3.63) is 91.2 Å². The maximum absolute atomic E-state index is 12.4. The van der Waals surface area contributed by atoms with Crippen molar-refractivity contribution in [2.45, 2.75) is 13.8 Å². The molecule has 2 aromatic carbocycles. The summed E-state index contributed by atoms with van der Waals surface area (Å²) in [5, 5.41) is 23.4. The normalized spacial score (nSPS) is 11.0. The summed E-state index contributed by atoms with van der Waals surface area (Å²) in [6.45, 7) is 2.99. The summed E-state index contributed by atoms with van der Waals surface area (Å²) < 4.78 is 6.81. The predicted octanol–water partition coefficient (Wildman–Crippen LogP) is 5.40. The summed E-state index contributed by atoms with van der Waals surface area (Å²) in [6.07, 6.45) is 1.37. The van der Waals surface area contributed by atoms with Crippen LogP contribution < -0.4 is 5.32 Å². The smallest absolute Gasteiger partial charge is 0.349 e. The van der Waals surface area contributed by atoms with E-state index in [1.165, 1.54) is 30.3 Å². The van der Waals surface area contributed by atoms with E-state index in [4.69, 9.17) is 27.9 Å². The number of amides is 1. The van der Waals surface area contributed by atoms with E-state index in [-0.39, 0.29) is 11.3 Å². The summed E-state index contributed by atoms with van der Waals surface area (Å²) in [6, 6.07) is 13.9. The highest BCUT2D eigenvalue weighted by Crippen LogP contribution is 2.32. The van der Waals surface area contributed by atoms with Gasteiger partial charge in [0.25, 0.3) is 11.6 Å². The summed E-state index contributed by atoms with van der Waals surface area (Å²) in [4.78, 5) is 34.6. The number of hydrogen-bond acceptors (Lipinski definition) is 6. The minimum absolute atomic E-state index is 0.129. The molecule has 178 valence electrons. The van der Waals surface area contributed by atoms with Gasteiger partial charge in [0.15, 0.2) is 6.61 Å². The number of aryl methyl sites for hydroxylation is 1. The molecule has 0 saturated carbocycles. The second-order valence-corrected chi connectivity index (χ2v) is 8.12. The van der Waals surface area contributed by atoms with Crippen LogP contribution in [0.15, 0.2) is 54.1 Å². The van der Waals surface area contributed by atoms with E-state index < -0.39 is 23.4 Å². The molecule has 9 nitrogen and oxygen atoms in total. The first-order valence-electron chi connectivity index (χ1n) is 10.1. The van der Waals surface area contributed by atoms with Gasteiger partial charge < -0.3 is 14.6 Å². The third-order valence-electron chi connectivity index (χ3n) is 4.98. The molecule has 0 atom stereocenters. The van der Waals surface area contributed by atoms with Crippen molar-refractivity contribution in [1.82, 2.24) is 4.57 Å². The molecule has 0 spiro atoms. The molecule has 3 rings (SSSR count). The molecule has 0 fully saturated rings. The summed E-state index contributed by atoms with van der Waals surface area (Å²) in [7, 11) is 0. The first-order chi connectivity index (χ1) is 16.6. The molecule has 0 aliphatic heterocycles. The SMILES string of the molecule is Cc1cc(C=C(C#N)C(=O)OCC(=O)Nc2ccc([N+](=O)[O-])cc2)c(C)n1-c1cccc(Cl)c1Cl. The first-order valence-corrected chi connectivity index (χ1v) is 10.8. The number of anilines is 1.